The van der Waals surface area contributed by atoms with E-state index in [4.69, 9.17) is 9.52 Å². The molecule has 8 heteroatoms. The highest BCUT2D eigenvalue weighted by molar-refractivity contribution is 5.50. The van der Waals surface area contributed by atoms with Crippen molar-refractivity contribution < 1.29 is 9.52 Å². The lowest BCUT2D eigenvalue weighted by Crippen LogP contribution is -2.42. The number of nitrogens with zero attached hydrogens (tertiary/aromatic N) is 6. The Bertz CT molecular complexity index is 1070. The van der Waals surface area contributed by atoms with E-state index in [-0.39, 0.29) is 23.8 Å². The zero-order valence-electron chi connectivity index (χ0n) is 18.0. The van der Waals surface area contributed by atoms with Crippen LogP contribution in [0.25, 0.3) is 11.6 Å². The van der Waals surface area contributed by atoms with Gasteiger partial charge in [-0.2, -0.15) is 5.26 Å². The quantitative estimate of drug-likeness (QED) is 0.686. The maximum atomic E-state index is 10.0. The minimum absolute atomic E-state index is 0.0907. The molecule has 0 spiro atoms. The summed E-state index contributed by atoms with van der Waals surface area (Å²) < 4.78 is 5.30. The van der Waals surface area contributed by atoms with E-state index < -0.39 is 5.41 Å². The molecule has 0 unspecified atom stereocenters. The molecule has 1 saturated heterocycles. The molecular weight excluding hydrogens is 392 g/mol. The molecule has 160 valence electrons. The minimum Gasteiger partial charge on any atom is -0.417 e. The first-order chi connectivity index (χ1) is 14.8. The minimum atomic E-state index is -0.481. The summed E-state index contributed by atoms with van der Waals surface area (Å²) in [5.41, 5.74) is 2.42. The summed E-state index contributed by atoms with van der Waals surface area (Å²) in [6.07, 6.45) is 1.45. The van der Waals surface area contributed by atoms with Gasteiger partial charge in [0.15, 0.2) is 5.82 Å². The number of aliphatic hydroxyl groups excluding tert-OH is 1. The van der Waals surface area contributed by atoms with E-state index >= 15 is 0 Å². The Morgan fingerprint density at radius 3 is 2.26 bits per heavy atom. The number of anilines is 1. The van der Waals surface area contributed by atoms with E-state index in [1.54, 1.807) is 6.07 Å². The van der Waals surface area contributed by atoms with Crippen molar-refractivity contribution in [2.45, 2.75) is 51.0 Å². The normalized spacial score (nSPS) is 16.2. The summed E-state index contributed by atoms with van der Waals surface area (Å²) in [6.45, 7) is 7.70. The molecule has 0 bridgehead atoms. The Balaban J connectivity index is 1.46. The van der Waals surface area contributed by atoms with Crippen LogP contribution in [0.5, 0.6) is 0 Å². The fourth-order valence-electron chi connectivity index (χ4n) is 3.90. The molecule has 0 saturated carbocycles. The number of piperidine rings is 1. The van der Waals surface area contributed by atoms with Gasteiger partial charge in [-0.1, -0.05) is 45.0 Å². The van der Waals surface area contributed by atoms with Gasteiger partial charge in [0.05, 0.1) is 11.5 Å². The SMILES string of the molecule is CC(C)(C)c1ccc(C2(C#N)CCN(c3ccc(-c4nnc(CO)o4)nn3)CC2)cc1. The van der Waals surface area contributed by atoms with Crippen molar-refractivity contribution in [3.05, 3.63) is 53.4 Å². The second-order valence-corrected chi connectivity index (χ2v) is 8.94. The third kappa shape index (κ3) is 4.14. The number of hydrogen-bond donors (Lipinski definition) is 1. The number of aliphatic hydroxyl groups is 1. The van der Waals surface area contributed by atoms with Crippen molar-refractivity contribution >= 4 is 5.82 Å². The second-order valence-electron chi connectivity index (χ2n) is 8.94. The van der Waals surface area contributed by atoms with Crippen LogP contribution in [-0.2, 0) is 17.4 Å². The molecule has 3 heterocycles. The average Bonchev–Trinajstić information content (AvgIpc) is 3.28. The molecule has 31 heavy (non-hydrogen) atoms. The van der Waals surface area contributed by atoms with Gasteiger partial charge in [-0.05, 0) is 41.5 Å². The number of benzene rings is 1. The Kier molecular flexibility index (Phi) is 5.46. The summed E-state index contributed by atoms with van der Waals surface area (Å²) in [5.74, 6) is 1.12. The van der Waals surface area contributed by atoms with Crippen LogP contribution >= 0.6 is 0 Å². The van der Waals surface area contributed by atoms with E-state index in [2.05, 4.69) is 76.4 Å². The molecule has 3 aromatic rings. The Morgan fingerprint density at radius 1 is 1.03 bits per heavy atom. The number of nitriles is 1. The van der Waals surface area contributed by atoms with Crippen LogP contribution in [0.2, 0.25) is 0 Å². The van der Waals surface area contributed by atoms with Crippen LogP contribution in [0.1, 0.15) is 50.6 Å². The van der Waals surface area contributed by atoms with Crippen LogP contribution in [0.3, 0.4) is 0 Å². The molecular formula is C23H26N6O2. The topological polar surface area (TPSA) is 112 Å². The Labute approximate surface area is 181 Å². The standard InChI is InChI=1S/C23H26N6O2/c1-22(2,3)16-4-6-17(7-5-16)23(15-24)10-12-29(13-11-23)19-9-8-18(25-26-19)21-28-27-20(14-30)31-21/h4-9,30H,10-14H2,1-3H3. The number of aromatic nitrogens is 4. The van der Waals surface area contributed by atoms with Gasteiger partial charge in [0.25, 0.3) is 5.89 Å². The van der Waals surface area contributed by atoms with E-state index in [0.717, 1.165) is 37.3 Å². The van der Waals surface area contributed by atoms with E-state index in [0.29, 0.717) is 5.69 Å². The third-order valence-electron chi connectivity index (χ3n) is 5.93. The van der Waals surface area contributed by atoms with Gasteiger partial charge in [0.1, 0.15) is 12.3 Å². The van der Waals surface area contributed by atoms with Crippen molar-refractivity contribution in [1.82, 2.24) is 20.4 Å². The molecule has 0 amide bonds. The van der Waals surface area contributed by atoms with Gasteiger partial charge in [-0.15, -0.1) is 20.4 Å². The molecule has 1 N–H and O–H groups in total. The van der Waals surface area contributed by atoms with E-state index in [9.17, 15) is 5.26 Å². The van der Waals surface area contributed by atoms with Crippen molar-refractivity contribution in [2.24, 2.45) is 0 Å². The average molecular weight is 419 g/mol. The molecule has 4 rings (SSSR count). The molecule has 1 fully saturated rings. The smallest absolute Gasteiger partial charge is 0.268 e. The van der Waals surface area contributed by atoms with Crippen LogP contribution in [0.4, 0.5) is 5.82 Å². The van der Waals surface area contributed by atoms with Crippen molar-refractivity contribution in [3.8, 4) is 17.7 Å². The van der Waals surface area contributed by atoms with E-state index in [1.165, 1.54) is 5.56 Å². The van der Waals surface area contributed by atoms with Gasteiger partial charge in [-0.25, -0.2) is 0 Å². The van der Waals surface area contributed by atoms with Gasteiger partial charge < -0.3 is 14.4 Å². The number of hydrogen-bond acceptors (Lipinski definition) is 8. The van der Waals surface area contributed by atoms with Crippen LogP contribution in [0.15, 0.2) is 40.8 Å². The highest BCUT2D eigenvalue weighted by Crippen LogP contribution is 2.37. The first kappa shape index (κ1) is 20.9. The predicted molar refractivity (Wildman–Crippen MR) is 115 cm³/mol. The van der Waals surface area contributed by atoms with Gasteiger partial charge >= 0.3 is 0 Å². The van der Waals surface area contributed by atoms with Gasteiger partial charge in [0.2, 0.25) is 5.89 Å². The van der Waals surface area contributed by atoms with E-state index in [1.807, 2.05) is 6.07 Å². The summed E-state index contributed by atoms with van der Waals surface area (Å²) in [4.78, 5) is 2.14. The maximum absolute atomic E-state index is 10.0. The van der Waals surface area contributed by atoms with Gasteiger partial charge in [-0.3, -0.25) is 0 Å². The highest BCUT2D eigenvalue weighted by Gasteiger charge is 2.37. The van der Waals surface area contributed by atoms with Gasteiger partial charge in [0, 0.05) is 13.1 Å². The summed E-state index contributed by atoms with van der Waals surface area (Å²) in [6, 6.07) is 14.7. The number of rotatable bonds is 4. The molecule has 8 nitrogen and oxygen atoms in total. The molecule has 2 aromatic heterocycles. The van der Waals surface area contributed by atoms with Crippen molar-refractivity contribution in [3.63, 3.8) is 0 Å². The molecule has 0 atom stereocenters. The Morgan fingerprint density at radius 2 is 1.74 bits per heavy atom. The molecule has 0 aliphatic carbocycles. The summed E-state index contributed by atoms with van der Waals surface area (Å²) in [5, 5.41) is 35.1. The monoisotopic (exact) mass is 418 g/mol. The zero-order valence-corrected chi connectivity index (χ0v) is 18.0. The van der Waals surface area contributed by atoms with Crippen LogP contribution < -0.4 is 4.90 Å². The molecule has 1 aromatic carbocycles. The van der Waals surface area contributed by atoms with Crippen molar-refractivity contribution in [1.29, 1.82) is 5.26 Å². The molecule has 0 radical (unpaired) electrons. The lowest BCUT2D eigenvalue weighted by molar-refractivity contribution is 0.241. The summed E-state index contributed by atoms with van der Waals surface area (Å²) >= 11 is 0. The first-order valence-electron chi connectivity index (χ1n) is 10.4. The lowest BCUT2D eigenvalue weighted by atomic mass is 9.73. The lowest BCUT2D eigenvalue weighted by Gasteiger charge is -2.38. The van der Waals surface area contributed by atoms with Crippen LogP contribution in [-0.4, -0.2) is 38.6 Å². The zero-order chi connectivity index (χ0) is 22.1. The first-order valence-corrected chi connectivity index (χ1v) is 10.4. The maximum Gasteiger partial charge on any atom is 0.268 e. The van der Waals surface area contributed by atoms with Crippen molar-refractivity contribution in [2.75, 3.05) is 18.0 Å². The Hall–Kier alpha value is -3.31. The predicted octanol–water partition coefficient (Wildman–Crippen LogP) is 3.38. The summed E-state index contributed by atoms with van der Waals surface area (Å²) in [7, 11) is 0. The highest BCUT2D eigenvalue weighted by atomic mass is 16.4. The molecule has 1 aliphatic heterocycles. The molecule has 1 aliphatic rings. The fourth-order valence-corrected chi connectivity index (χ4v) is 3.90. The third-order valence-corrected chi connectivity index (χ3v) is 5.93. The largest absolute Gasteiger partial charge is 0.417 e. The second kappa shape index (κ2) is 8.08. The van der Waals surface area contributed by atoms with Crippen LogP contribution in [0, 0.1) is 11.3 Å². The fraction of sp³-hybridized carbons (Fsp3) is 0.435.